The minimum atomic E-state index is 0.624. The van der Waals surface area contributed by atoms with Gasteiger partial charge in [0.25, 0.3) is 0 Å². The summed E-state index contributed by atoms with van der Waals surface area (Å²) in [4.78, 5) is 9.63. The zero-order valence-electron chi connectivity index (χ0n) is 12.5. The summed E-state index contributed by atoms with van der Waals surface area (Å²) < 4.78 is 5.44. The second-order valence-corrected chi connectivity index (χ2v) is 6.07. The molecule has 0 radical (unpaired) electrons. The van der Waals surface area contributed by atoms with Crippen LogP contribution in [0.25, 0.3) is 0 Å². The van der Waals surface area contributed by atoms with Crippen LogP contribution in [0.1, 0.15) is 12.1 Å². The van der Waals surface area contributed by atoms with Gasteiger partial charge < -0.3 is 15.0 Å². The van der Waals surface area contributed by atoms with E-state index in [1.807, 2.05) is 19.2 Å². The molecule has 0 aromatic carbocycles. The van der Waals surface area contributed by atoms with Gasteiger partial charge in [-0.2, -0.15) is 0 Å². The standard InChI is InChI=1S/C15H23ClN4O/c1-17-10-14-13(16)2-3-15(18-14)20-5-4-12(11-20)19-6-8-21-9-7-19/h2-3,12,17H,4-11H2,1H3. The van der Waals surface area contributed by atoms with E-state index in [-0.39, 0.29) is 0 Å². The summed E-state index contributed by atoms with van der Waals surface area (Å²) in [6.45, 7) is 6.65. The lowest BCUT2D eigenvalue weighted by Crippen LogP contribution is -2.44. The third kappa shape index (κ3) is 3.48. The Morgan fingerprint density at radius 2 is 2.14 bits per heavy atom. The molecule has 0 bridgehead atoms. The molecule has 0 saturated carbocycles. The molecule has 21 heavy (non-hydrogen) atoms. The summed E-state index contributed by atoms with van der Waals surface area (Å²) in [6.07, 6.45) is 1.20. The van der Waals surface area contributed by atoms with Crippen LogP contribution in [-0.4, -0.2) is 62.4 Å². The van der Waals surface area contributed by atoms with Gasteiger partial charge in [0.05, 0.1) is 23.9 Å². The van der Waals surface area contributed by atoms with Crippen molar-refractivity contribution in [2.24, 2.45) is 0 Å². The van der Waals surface area contributed by atoms with Gasteiger partial charge in [-0.1, -0.05) is 11.6 Å². The lowest BCUT2D eigenvalue weighted by Gasteiger charge is -2.32. The molecule has 1 aromatic heterocycles. The van der Waals surface area contributed by atoms with Crippen molar-refractivity contribution in [1.82, 2.24) is 15.2 Å². The first-order chi connectivity index (χ1) is 10.3. The average molecular weight is 311 g/mol. The molecule has 0 spiro atoms. The first kappa shape index (κ1) is 15.0. The second-order valence-electron chi connectivity index (χ2n) is 5.67. The molecule has 0 amide bonds. The summed E-state index contributed by atoms with van der Waals surface area (Å²) in [6, 6.07) is 4.61. The molecule has 2 saturated heterocycles. The van der Waals surface area contributed by atoms with Crippen LogP contribution in [0.3, 0.4) is 0 Å². The molecule has 3 heterocycles. The molecule has 1 aromatic rings. The van der Waals surface area contributed by atoms with Crippen LogP contribution in [0.4, 0.5) is 5.82 Å². The molecular weight excluding hydrogens is 288 g/mol. The van der Waals surface area contributed by atoms with Gasteiger partial charge in [-0.3, -0.25) is 4.90 Å². The first-order valence-electron chi connectivity index (χ1n) is 7.64. The number of aromatic nitrogens is 1. The number of morpholine rings is 1. The maximum absolute atomic E-state index is 6.19. The van der Waals surface area contributed by atoms with Crippen molar-refractivity contribution in [2.75, 3.05) is 51.3 Å². The Labute approximate surface area is 131 Å². The van der Waals surface area contributed by atoms with Gasteiger partial charge >= 0.3 is 0 Å². The molecular formula is C15H23ClN4O. The maximum Gasteiger partial charge on any atom is 0.129 e. The number of hydrogen-bond donors (Lipinski definition) is 1. The van der Waals surface area contributed by atoms with Crippen LogP contribution in [0, 0.1) is 0 Å². The van der Waals surface area contributed by atoms with Gasteiger partial charge in [-0.15, -0.1) is 0 Å². The number of halogens is 1. The lowest BCUT2D eigenvalue weighted by molar-refractivity contribution is 0.0209. The van der Waals surface area contributed by atoms with E-state index in [0.29, 0.717) is 12.6 Å². The largest absolute Gasteiger partial charge is 0.379 e. The van der Waals surface area contributed by atoms with Crippen molar-refractivity contribution in [3.8, 4) is 0 Å². The van der Waals surface area contributed by atoms with E-state index in [0.717, 1.165) is 55.9 Å². The quantitative estimate of drug-likeness (QED) is 0.909. The number of hydrogen-bond acceptors (Lipinski definition) is 5. The fraction of sp³-hybridized carbons (Fsp3) is 0.667. The van der Waals surface area contributed by atoms with Gasteiger partial charge in [0.15, 0.2) is 0 Å². The van der Waals surface area contributed by atoms with Gasteiger partial charge in [-0.05, 0) is 25.6 Å². The zero-order valence-corrected chi connectivity index (χ0v) is 13.3. The fourth-order valence-electron chi connectivity index (χ4n) is 3.13. The molecule has 6 heteroatoms. The summed E-state index contributed by atoms with van der Waals surface area (Å²) in [5, 5.41) is 3.85. The van der Waals surface area contributed by atoms with E-state index in [1.165, 1.54) is 6.42 Å². The summed E-state index contributed by atoms with van der Waals surface area (Å²) in [5.74, 6) is 1.04. The van der Waals surface area contributed by atoms with Crippen LogP contribution >= 0.6 is 11.6 Å². The van der Waals surface area contributed by atoms with Crippen LogP contribution in [-0.2, 0) is 11.3 Å². The molecule has 1 atom stereocenters. The Morgan fingerprint density at radius 1 is 1.33 bits per heavy atom. The average Bonchev–Trinajstić information content (AvgIpc) is 3.00. The summed E-state index contributed by atoms with van der Waals surface area (Å²) >= 11 is 6.19. The van der Waals surface area contributed by atoms with Crippen molar-refractivity contribution < 1.29 is 4.74 Å². The van der Waals surface area contributed by atoms with Crippen molar-refractivity contribution >= 4 is 17.4 Å². The Bertz CT molecular complexity index is 479. The Morgan fingerprint density at radius 3 is 2.90 bits per heavy atom. The number of rotatable bonds is 4. The number of ether oxygens (including phenoxy) is 1. The van der Waals surface area contributed by atoms with E-state index in [4.69, 9.17) is 21.3 Å². The molecule has 2 aliphatic rings. The SMILES string of the molecule is CNCc1nc(N2CCC(N3CCOCC3)C2)ccc1Cl. The minimum absolute atomic E-state index is 0.624. The molecule has 3 rings (SSSR count). The van der Waals surface area contributed by atoms with E-state index in [9.17, 15) is 0 Å². The molecule has 2 aliphatic heterocycles. The smallest absolute Gasteiger partial charge is 0.129 e. The third-order valence-electron chi connectivity index (χ3n) is 4.30. The Balaban J connectivity index is 1.66. The molecule has 5 nitrogen and oxygen atoms in total. The van der Waals surface area contributed by atoms with Crippen LogP contribution in [0.15, 0.2) is 12.1 Å². The molecule has 1 N–H and O–H groups in total. The summed E-state index contributed by atoms with van der Waals surface area (Å²) in [5.41, 5.74) is 0.923. The van der Waals surface area contributed by atoms with E-state index < -0.39 is 0 Å². The Hall–Kier alpha value is -0.880. The number of nitrogens with one attached hydrogen (secondary N) is 1. The van der Waals surface area contributed by atoms with Crippen LogP contribution in [0.2, 0.25) is 5.02 Å². The van der Waals surface area contributed by atoms with Gasteiger partial charge in [-0.25, -0.2) is 4.98 Å². The van der Waals surface area contributed by atoms with E-state index >= 15 is 0 Å². The lowest BCUT2D eigenvalue weighted by atomic mass is 10.2. The number of anilines is 1. The molecule has 116 valence electrons. The van der Waals surface area contributed by atoms with Crippen LogP contribution in [0.5, 0.6) is 0 Å². The normalized spacial score (nSPS) is 23.7. The second kappa shape index (κ2) is 6.92. The van der Waals surface area contributed by atoms with Crippen molar-refractivity contribution in [2.45, 2.75) is 19.0 Å². The maximum atomic E-state index is 6.19. The van der Waals surface area contributed by atoms with Crippen molar-refractivity contribution in [1.29, 1.82) is 0 Å². The van der Waals surface area contributed by atoms with Gasteiger partial charge in [0, 0.05) is 38.8 Å². The highest BCUT2D eigenvalue weighted by atomic mass is 35.5. The van der Waals surface area contributed by atoms with Crippen molar-refractivity contribution in [3.63, 3.8) is 0 Å². The topological polar surface area (TPSA) is 40.6 Å². The van der Waals surface area contributed by atoms with Crippen LogP contribution < -0.4 is 10.2 Å². The predicted octanol–water partition coefficient (Wildman–Crippen LogP) is 1.37. The minimum Gasteiger partial charge on any atom is -0.379 e. The first-order valence-corrected chi connectivity index (χ1v) is 8.02. The van der Waals surface area contributed by atoms with E-state index in [1.54, 1.807) is 0 Å². The number of pyridine rings is 1. The Kier molecular flexibility index (Phi) is 4.95. The van der Waals surface area contributed by atoms with Gasteiger partial charge in [0.1, 0.15) is 5.82 Å². The number of nitrogens with zero attached hydrogens (tertiary/aromatic N) is 3. The highest BCUT2D eigenvalue weighted by Crippen LogP contribution is 2.24. The van der Waals surface area contributed by atoms with E-state index in [2.05, 4.69) is 15.1 Å². The summed E-state index contributed by atoms with van der Waals surface area (Å²) in [7, 11) is 1.91. The fourth-order valence-corrected chi connectivity index (χ4v) is 3.30. The van der Waals surface area contributed by atoms with Crippen molar-refractivity contribution in [3.05, 3.63) is 22.8 Å². The van der Waals surface area contributed by atoms with Gasteiger partial charge in [0.2, 0.25) is 0 Å². The predicted molar refractivity (Wildman–Crippen MR) is 85.0 cm³/mol. The monoisotopic (exact) mass is 310 g/mol. The molecule has 2 fully saturated rings. The molecule has 0 aliphatic carbocycles. The zero-order chi connectivity index (χ0) is 14.7. The molecule has 1 unspecified atom stereocenters. The highest BCUT2D eigenvalue weighted by molar-refractivity contribution is 6.31. The highest BCUT2D eigenvalue weighted by Gasteiger charge is 2.29. The third-order valence-corrected chi connectivity index (χ3v) is 4.64.